The van der Waals surface area contributed by atoms with E-state index in [0.29, 0.717) is 5.56 Å². The molecule has 2 amide bonds. The van der Waals surface area contributed by atoms with E-state index >= 15 is 0 Å². The first-order chi connectivity index (χ1) is 17.4. The SMILES string of the molecule is C=C(F)c1cc(Cl)cc([C@H]2[C@H](C(=O)Nc3ccc(Cl)c(C(=O)Nc4ccc(F)cc4C#N)c3)C2(Cl)Cl)c1. The summed E-state index contributed by atoms with van der Waals surface area (Å²) in [5, 5.41) is 14.7. The first kappa shape index (κ1) is 26.9. The molecule has 1 fully saturated rings. The number of nitrogens with one attached hydrogen (secondary N) is 2. The van der Waals surface area contributed by atoms with E-state index in [-0.39, 0.29) is 38.1 Å². The molecule has 3 aromatic carbocycles. The van der Waals surface area contributed by atoms with Crippen LogP contribution in [0.15, 0.2) is 61.2 Å². The molecule has 1 saturated carbocycles. The molecular formula is C26H15Cl4F2N3O2. The molecule has 37 heavy (non-hydrogen) atoms. The van der Waals surface area contributed by atoms with Gasteiger partial charge in [-0.25, -0.2) is 8.78 Å². The quantitative estimate of drug-likeness (QED) is 0.293. The van der Waals surface area contributed by atoms with Crippen LogP contribution >= 0.6 is 46.4 Å². The standard InChI is InChI=1S/C26H15Cl4F2N3O2/c1-12(31)13-6-14(8-16(27)7-13)22-23(26(22,29)30)25(37)34-18-3-4-20(28)19(10-18)24(36)35-21-5-2-17(32)9-15(21)11-33/h2-10,22-23H,1H2,(H,34,37)(H,35,36)/t22-,23+/m0/s1. The lowest BCUT2D eigenvalue weighted by Crippen LogP contribution is -2.18. The highest BCUT2D eigenvalue weighted by Gasteiger charge is 2.67. The van der Waals surface area contributed by atoms with E-state index in [0.717, 1.165) is 12.1 Å². The molecule has 0 heterocycles. The lowest BCUT2D eigenvalue weighted by atomic mass is 10.0. The second kappa shape index (κ2) is 10.3. The molecule has 0 aromatic heterocycles. The Kier molecular flexibility index (Phi) is 7.50. The average molecular weight is 581 g/mol. The smallest absolute Gasteiger partial charge is 0.257 e. The normalized spacial score (nSPS) is 17.4. The van der Waals surface area contributed by atoms with Crippen molar-refractivity contribution in [2.45, 2.75) is 10.3 Å². The lowest BCUT2D eigenvalue weighted by molar-refractivity contribution is -0.117. The van der Waals surface area contributed by atoms with Crippen molar-refractivity contribution in [2.75, 3.05) is 10.6 Å². The highest BCUT2D eigenvalue weighted by molar-refractivity contribution is 6.53. The van der Waals surface area contributed by atoms with Crippen molar-refractivity contribution in [1.82, 2.24) is 0 Å². The second-order valence-electron chi connectivity index (χ2n) is 8.25. The molecule has 1 aliphatic rings. The van der Waals surface area contributed by atoms with E-state index in [1.165, 1.54) is 36.4 Å². The number of anilines is 2. The molecule has 4 rings (SSSR count). The van der Waals surface area contributed by atoms with Gasteiger partial charge in [-0.3, -0.25) is 9.59 Å². The van der Waals surface area contributed by atoms with Crippen LogP contribution in [0.4, 0.5) is 20.2 Å². The Morgan fingerprint density at radius 2 is 1.76 bits per heavy atom. The largest absolute Gasteiger partial charge is 0.326 e. The van der Waals surface area contributed by atoms with Crippen LogP contribution in [-0.4, -0.2) is 16.1 Å². The van der Waals surface area contributed by atoms with Crippen molar-refractivity contribution < 1.29 is 18.4 Å². The number of hydrogen-bond donors (Lipinski definition) is 2. The molecule has 11 heteroatoms. The van der Waals surface area contributed by atoms with Gasteiger partial charge in [0.05, 0.1) is 27.8 Å². The van der Waals surface area contributed by atoms with E-state index in [4.69, 9.17) is 46.4 Å². The van der Waals surface area contributed by atoms with Crippen molar-refractivity contribution >= 4 is 75.4 Å². The first-order valence-corrected chi connectivity index (χ1v) is 12.1. The minimum absolute atomic E-state index is 0.0102. The van der Waals surface area contributed by atoms with Gasteiger partial charge in [0.15, 0.2) is 0 Å². The lowest BCUT2D eigenvalue weighted by Gasteiger charge is -2.11. The minimum Gasteiger partial charge on any atom is -0.326 e. The monoisotopic (exact) mass is 579 g/mol. The van der Waals surface area contributed by atoms with Gasteiger partial charge in [-0.05, 0) is 60.2 Å². The Bertz CT molecular complexity index is 1500. The van der Waals surface area contributed by atoms with Crippen LogP contribution in [0.1, 0.15) is 33.0 Å². The highest BCUT2D eigenvalue weighted by Crippen LogP contribution is 2.65. The molecule has 188 valence electrons. The van der Waals surface area contributed by atoms with Gasteiger partial charge in [-0.2, -0.15) is 5.26 Å². The third-order valence-corrected chi connectivity index (χ3v) is 7.25. The number of carbonyl (C=O) groups excluding carboxylic acids is 2. The summed E-state index contributed by atoms with van der Waals surface area (Å²) >= 11 is 25.1. The molecule has 5 nitrogen and oxygen atoms in total. The number of nitriles is 1. The number of hydrogen-bond acceptors (Lipinski definition) is 3. The Hall–Kier alpha value is -3.15. The van der Waals surface area contributed by atoms with Crippen LogP contribution in [-0.2, 0) is 4.79 Å². The number of rotatable bonds is 6. The van der Waals surface area contributed by atoms with Gasteiger partial charge < -0.3 is 10.6 Å². The summed E-state index contributed by atoms with van der Waals surface area (Å²) in [5.74, 6) is -4.14. The second-order valence-corrected chi connectivity index (χ2v) is 10.5. The molecule has 0 unspecified atom stereocenters. The minimum atomic E-state index is -1.48. The van der Waals surface area contributed by atoms with Crippen LogP contribution < -0.4 is 10.6 Å². The number of amides is 2. The van der Waals surface area contributed by atoms with Gasteiger partial charge in [-0.15, -0.1) is 23.2 Å². The molecule has 0 aliphatic heterocycles. The Labute approximate surface area is 230 Å². The van der Waals surface area contributed by atoms with E-state index in [9.17, 15) is 23.6 Å². The average Bonchev–Trinajstić information content (AvgIpc) is 3.42. The van der Waals surface area contributed by atoms with Gasteiger partial charge in [0.1, 0.15) is 22.0 Å². The first-order valence-electron chi connectivity index (χ1n) is 10.6. The molecule has 0 saturated heterocycles. The maximum atomic E-state index is 13.7. The summed E-state index contributed by atoms with van der Waals surface area (Å²) in [4.78, 5) is 25.9. The van der Waals surface area contributed by atoms with Gasteiger partial charge in [0.2, 0.25) is 5.91 Å². The van der Waals surface area contributed by atoms with Crippen molar-refractivity contribution in [3.05, 3.63) is 99.3 Å². The summed E-state index contributed by atoms with van der Waals surface area (Å²) in [6.07, 6.45) is 0. The van der Waals surface area contributed by atoms with Crippen LogP contribution in [0, 0.1) is 23.1 Å². The summed E-state index contributed by atoms with van der Waals surface area (Å²) in [6.45, 7) is 3.26. The fourth-order valence-electron chi connectivity index (χ4n) is 3.92. The zero-order valence-electron chi connectivity index (χ0n) is 18.6. The predicted molar refractivity (Wildman–Crippen MR) is 141 cm³/mol. The maximum absolute atomic E-state index is 13.7. The van der Waals surface area contributed by atoms with Crippen molar-refractivity contribution in [2.24, 2.45) is 5.92 Å². The Morgan fingerprint density at radius 3 is 2.43 bits per heavy atom. The summed E-state index contributed by atoms with van der Waals surface area (Å²) in [5.41, 5.74) is 0.838. The molecule has 0 spiro atoms. The maximum Gasteiger partial charge on any atom is 0.257 e. The zero-order valence-corrected chi connectivity index (χ0v) is 21.6. The third-order valence-electron chi connectivity index (χ3n) is 5.76. The fourth-order valence-corrected chi connectivity index (χ4v) is 5.20. The number of nitrogens with zero attached hydrogens (tertiary/aromatic N) is 1. The van der Waals surface area contributed by atoms with Gasteiger partial charge in [-0.1, -0.05) is 29.8 Å². The molecule has 0 bridgehead atoms. The van der Waals surface area contributed by atoms with Crippen LogP contribution in [0.25, 0.3) is 5.83 Å². The van der Waals surface area contributed by atoms with Crippen LogP contribution in [0.3, 0.4) is 0 Å². The summed E-state index contributed by atoms with van der Waals surface area (Å²) in [7, 11) is 0. The zero-order chi connectivity index (χ0) is 27.1. The van der Waals surface area contributed by atoms with Crippen molar-refractivity contribution in [3.8, 4) is 6.07 Å². The van der Waals surface area contributed by atoms with E-state index < -0.39 is 39.6 Å². The predicted octanol–water partition coefficient (Wildman–Crippen LogP) is 7.72. The van der Waals surface area contributed by atoms with Gasteiger partial charge in [0, 0.05) is 22.2 Å². The fraction of sp³-hybridized carbons (Fsp3) is 0.115. The highest BCUT2D eigenvalue weighted by atomic mass is 35.5. The van der Waals surface area contributed by atoms with E-state index in [2.05, 4.69) is 17.2 Å². The van der Waals surface area contributed by atoms with E-state index in [1.807, 2.05) is 0 Å². The third kappa shape index (κ3) is 5.58. The molecule has 2 atom stereocenters. The number of carbonyl (C=O) groups is 2. The van der Waals surface area contributed by atoms with Gasteiger partial charge in [0.25, 0.3) is 5.91 Å². The number of alkyl halides is 2. The number of benzene rings is 3. The summed E-state index contributed by atoms with van der Waals surface area (Å²) in [6, 6.07) is 13.7. The summed E-state index contributed by atoms with van der Waals surface area (Å²) < 4.78 is 25.6. The topological polar surface area (TPSA) is 82.0 Å². The van der Waals surface area contributed by atoms with Gasteiger partial charge >= 0.3 is 0 Å². The molecule has 0 radical (unpaired) electrons. The number of halogens is 6. The Balaban J connectivity index is 1.54. The Morgan fingerprint density at radius 1 is 1.03 bits per heavy atom. The van der Waals surface area contributed by atoms with Crippen molar-refractivity contribution in [3.63, 3.8) is 0 Å². The van der Waals surface area contributed by atoms with Crippen LogP contribution in [0.5, 0.6) is 0 Å². The molecule has 2 N–H and O–H groups in total. The van der Waals surface area contributed by atoms with Crippen LogP contribution in [0.2, 0.25) is 10.0 Å². The molecular weight excluding hydrogens is 566 g/mol. The molecule has 1 aliphatic carbocycles. The van der Waals surface area contributed by atoms with Crippen molar-refractivity contribution in [1.29, 1.82) is 5.26 Å². The molecule has 3 aromatic rings. The van der Waals surface area contributed by atoms with E-state index in [1.54, 1.807) is 12.1 Å².